The molecule has 18 heavy (non-hydrogen) atoms. The molecule has 0 radical (unpaired) electrons. The molecule has 0 unspecified atom stereocenters. The number of carbonyl (C=O) groups excluding carboxylic acids is 1. The Morgan fingerprint density at radius 2 is 1.78 bits per heavy atom. The van der Waals surface area contributed by atoms with Gasteiger partial charge in [0.2, 0.25) is 5.91 Å². The number of para-hydroxylation sites is 1. The van der Waals surface area contributed by atoms with Gasteiger partial charge in [0.05, 0.1) is 3.57 Å². The van der Waals surface area contributed by atoms with Gasteiger partial charge in [-0.15, -0.1) is 0 Å². The molecular weight excluding hydrogens is 341 g/mol. The molecule has 0 aliphatic rings. The average molecular weight is 353 g/mol. The molecule has 0 heterocycles. The maximum Gasteiger partial charge on any atom is 0.249 e. The van der Waals surface area contributed by atoms with Crippen molar-refractivity contribution in [3.05, 3.63) is 63.2 Å². The first-order chi connectivity index (χ1) is 8.68. The summed E-state index contributed by atoms with van der Waals surface area (Å²) in [5.41, 5.74) is 6.62. The molecule has 0 aliphatic carbocycles. The van der Waals surface area contributed by atoms with Crippen molar-refractivity contribution in [2.75, 3.05) is 0 Å². The van der Waals surface area contributed by atoms with Gasteiger partial charge in [-0.05, 0) is 40.8 Å². The number of primary amides is 1. The maximum absolute atomic E-state index is 11.3. The number of rotatable bonds is 4. The summed E-state index contributed by atoms with van der Waals surface area (Å²) in [5, 5.41) is 0. The normalized spacial score (nSPS) is 10.1. The molecule has 2 rings (SSSR count). The summed E-state index contributed by atoms with van der Waals surface area (Å²) in [6.45, 7) is 0.332. The third kappa shape index (κ3) is 3.01. The van der Waals surface area contributed by atoms with E-state index in [0.717, 1.165) is 14.9 Å². The first kappa shape index (κ1) is 12.9. The molecule has 2 aromatic rings. The highest BCUT2D eigenvalue weighted by Crippen LogP contribution is 2.21. The zero-order chi connectivity index (χ0) is 13.0. The highest BCUT2D eigenvalue weighted by Gasteiger charge is 2.08. The second-order valence-corrected chi connectivity index (χ2v) is 4.90. The average Bonchev–Trinajstić information content (AvgIpc) is 2.38. The van der Waals surface area contributed by atoms with Crippen LogP contribution in [0.4, 0.5) is 0 Å². The first-order valence-electron chi connectivity index (χ1n) is 5.43. The Hall–Kier alpha value is -1.56. The lowest BCUT2D eigenvalue weighted by Crippen LogP contribution is -2.14. The van der Waals surface area contributed by atoms with Gasteiger partial charge in [0.1, 0.15) is 12.4 Å². The largest absolute Gasteiger partial charge is 0.488 e. The van der Waals surface area contributed by atoms with Crippen molar-refractivity contribution in [1.29, 1.82) is 0 Å². The van der Waals surface area contributed by atoms with Gasteiger partial charge < -0.3 is 10.5 Å². The second kappa shape index (κ2) is 5.86. The molecule has 0 aromatic heterocycles. The van der Waals surface area contributed by atoms with Crippen LogP contribution < -0.4 is 10.5 Å². The van der Waals surface area contributed by atoms with Crippen LogP contribution >= 0.6 is 22.6 Å². The number of amides is 1. The zero-order valence-electron chi connectivity index (χ0n) is 9.60. The van der Waals surface area contributed by atoms with E-state index in [9.17, 15) is 4.79 Å². The molecule has 0 atom stereocenters. The molecule has 0 bridgehead atoms. The number of ether oxygens (including phenoxy) is 1. The molecule has 2 aromatic carbocycles. The molecule has 3 nitrogen and oxygen atoms in total. The van der Waals surface area contributed by atoms with Crippen LogP contribution in [0.1, 0.15) is 15.9 Å². The van der Waals surface area contributed by atoms with Crippen LogP contribution in [0.25, 0.3) is 0 Å². The van der Waals surface area contributed by atoms with E-state index in [1.54, 1.807) is 12.1 Å². The molecule has 1 amide bonds. The van der Waals surface area contributed by atoms with Crippen LogP contribution in [0.15, 0.2) is 48.5 Å². The van der Waals surface area contributed by atoms with Gasteiger partial charge in [-0.3, -0.25) is 4.79 Å². The predicted molar refractivity (Wildman–Crippen MR) is 78.5 cm³/mol. The lowest BCUT2D eigenvalue weighted by molar-refractivity contribution is 0.0998. The van der Waals surface area contributed by atoms with E-state index in [1.165, 1.54) is 0 Å². The maximum atomic E-state index is 11.3. The monoisotopic (exact) mass is 353 g/mol. The molecule has 0 saturated heterocycles. The highest BCUT2D eigenvalue weighted by molar-refractivity contribution is 14.1. The lowest BCUT2D eigenvalue weighted by atomic mass is 10.1. The minimum atomic E-state index is -0.433. The SMILES string of the molecule is NC(=O)c1ccccc1COc1ccccc1I. The van der Waals surface area contributed by atoms with Crippen molar-refractivity contribution in [2.24, 2.45) is 5.73 Å². The topological polar surface area (TPSA) is 52.3 Å². The van der Waals surface area contributed by atoms with E-state index in [1.807, 2.05) is 36.4 Å². The first-order valence-corrected chi connectivity index (χ1v) is 6.51. The fourth-order valence-electron chi connectivity index (χ4n) is 1.60. The number of benzene rings is 2. The lowest BCUT2D eigenvalue weighted by Gasteiger charge is -2.10. The van der Waals surface area contributed by atoms with Crippen LogP contribution in [-0.2, 0) is 6.61 Å². The molecular formula is C14H12INO2. The van der Waals surface area contributed by atoms with Gasteiger partial charge in [0.25, 0.3) is 0 Å². The van der Waals surface area contributed by atoms with Gasteiger partial charge in [-0.2, -0.15) is 0 Å². The van der Waals surface area contributed by atoms with Crippen molar-refractivity contribution in [2.45, 2.75) is 6.61 Å². The van der Waals surface area contributed by atoms with Gasteiger partial charge in [0, 0.05) is 11.1 Å². The summed E-state index contributed by atoms with van der Waals surface area (Å²) >= 11 is 2.21. The minimum absolute atomic E-state index is 0.332. The fraction of sp³-hybridized carbons (Fsp3) is 0.0714. The van der Waals surface area contributed by atoms with Crippen molar-refractivity contribution < 1.29 is 9.53 Å². The zero-order valence-corrected chi connectivity index (χ0v) is 11.8. The van der Waals surface area contributed by atoms with Gasteiger partial charge >= 0.3 is 0 Å². The van der Waals surface area contributed by atoms with Gasteiger partial charge in [-0.25, -0.2) is 0 Å². The summed E-state index contributed by atoms with van der Waals surface area (Å²) in [5.74, 6) is 0.370. The number of nitrogens with two attached hydrogens (primary N) is 1. The molecule has 2 N–H and O–H groups in total. The van der Waals surface area contributed by atoms with Gasteiger partial charge in [-0.1, -0.05) is 30.3 Å². The smallest absolute Gasteiger partial charge is 0.249 e. The Bertz CT molecular complexity index is 569. The Morgan fingerprint density at radius 3 is 2.50 bits per heavy atom. The Kier molecular flexibility index (Phi) is 4.19. The van der Waals surface area contributed by atoms with Crippen LogP contribution in [0.5, 0.6) is 5.75 Å². The van der Waals surface area contributed by atoms with Gasteiger partial charge in [0.15, 0.2) is 0 Å². The minimum Gasteiger partial charge on any atom is -0.488 e. The van der Waals surface area contributed by atoms with Crippen molar-refractivity contribution in [3.8, 4) is 5.75 Å². The Balaban J connectivity index is 2.16. The Labute approximate surface area is 119 Å². The van der Waals surface area contributed by atoms with Crippen LogP contribution in [0.2, 0.25) is 0 Å². The standard InChI is InChI=1S/C14H12INO2/c15-12-7-3-4-8-13(12)18-9-10-5-1-2-6-11(10)14(16)17/h1-8H,9H2,(H2,16,17). The summed E-state index contributed by atoms with van der Waals surface area (Å²) in [6, 6.07) is 14.9. The molecule has 0 fully saturated rings. The number of carbonyl (C=O) groups is 1. The van der Waals surface area contributed by atoms with Crippen molar-refractivity contribution in [3.63, 3.8) is 0 Å². The fourth-order valence-corrected chi connectivity index (χ4v) is 2.15. The summed E-state index contributed by atoms with van der Waals surface area (Å²) in [7, 11) is 0. The van der Waals surface area contributed by atoms with Crippen LogP contribution in [-0.4, -0.2) is 5.91 Å². The van der Waals surface area contributed by atoms with Crippen LogP contribution in [0, 0.1) is 3.57 Å². The summed E-state index contributed by atoms with van der Waals surface area (Å²) in [6.07, 6.45) is 0. The number of hydrogen-bond donors (Lipinski definition) is 1. The third-order valence-corrected chi connectivity index (χ3v) is 3.39. The number of hydrogen-bond acceptors (Lipinski definition) is 2. The van der Waals surface area contributed by atoms with E-state index in [2.05, 4.69) is 22.6 Å². The summed E-state index contributed by atoms with van der Waals surface area (Å²) in [4.78, 5) is 11.3. The third-order valence-electron chi connectivity index (χ3n) is 2.50. The quantitative estimate of drug-likeness (QED) is 0.860. The number of halogens is 1. The second-order valence-electron chi connectivity index (χ2n) is 3.74. The van der Waals surface area contributed by atoms with E-state index >= 15 is 0 Å². The van der Waals surface area contributed by atoms with E-state index in [0.29, 0.717) is 12.2 Å². The van der Waals surface area contributed by atoms with Crippen LogP contribution in [0.3, 0.4) is 0 Å². The summed E-state index contributed by atoms with van der Waals surface area (Å²) < 4.78 is 6.73. The molecule has 0 aliphatic heterocycles. The van der Waals surface area contributed by atoms with E-state index in [-0.39, 0.29) is 0 Å². The molecule has 92 valence electrons. The highest BCUT2D eigenvalue weighted by atomic mass is 127. The molecule has 0 spiro atoms. The van der Waals surface area contributed by atoms with E-state index < -0.39 is 5.91 Å². The molecule has 0 saturated carbocycles. The van der Waals surface area contributed by atoms with E-state index in [4.69, 9.17) is 10.5 Å². The van der Waals surface area contributed by atoms with Crippen molar-refractivity contribution >= 4 is 28.5 Å². The predicted octanol–water partition coefficient (Wildman–Crippen LogP) is 2.97. The molecule has 4 heteroatoms. The van der Waals surface area contributed by atoms with Crippen molar-refractivity contribution in [1.82, 2.24) is 0 Å². The Morgan fingerprint density at radius 1 is 1.11 bits per heavy atom.